The minimum Gasteiger partial charge on any atom is -0.466 e. The summed E-state index contributed by atoms with van der Waals surface area (Å²) in [4.78, 5) is 34.6. The number of aromatic amines is 1. The maximum Gasteiger partial charge on any atom is 0.305 e. The first kappa shape index (κ1) is 30.8. The zero-order valence-electron chi connectivity index (χ0n) is 22.9. The summed E-state index contributed by atoms with van der Waals surface area (Å²) in [6.45, 7) is 2.85. The van der Waals surface area contributed by atoms with Crippen LogP contribution in [0.3, 0.4) is 0 Å². The third-order valence-corrected chi connectivity index (χ3v) is 6.98. The maximum absolute atomic E-state index is 12.1. The standard InChI is InChI=1S/C28H49N5O4/c1-2-3-4-5-6-7-8-9-10-11-12-13-14-15-16-17-24(35)37-19-18-23(21-34)20-33-22-30-25-26(33)31-28(29)32-27(25)36/h22-23,34H,2-21H2,1H3,(H3,29,31,32,36). The van der Waals surface area contributed by atoms with Crippen molar-refractivity contribution in [2.24, 2.45) is 5.92 Å². The number of imidazole rings is 1. The molecule has 4 N–H and O–H groups in total. The van der Waals surface area contributed by atoms with E-state index in [0.29, 0.717) is 25.0 Å². The predicted octanol–water partition coefficient (Wildman–Crippen LogP) is 5.51. The molecule has 0 saturated heterocycles. The van der Waals surface area contributed by atoms with Crippen LogP contribution in [0, 0.1) is 5.92 Å². The topological polar surface area (TPSA) is 136 Å². The van der Waals surface area contributed by atoms with E-state index >= 15 is 0 Å². The van der Waals surface area contributed by atoms with Crippen molar-refractivity contribution >= 4 is 23.1 Å². The first-order valence-electron chi connectivity index (χ1n) is 14.5. The summed E-state index contributed by atoms with van der Waals surface area (Å²) in [5, 5.41) is 9.74. The van der Waals surface area contributed by atoms with Crippen molar-refractivity contribution in [1.29, 1.82) is 0 Å². The summed E-state index contributed by atoms with van der Waals surface area (Å²) < 4.78 is 7.07. The number of aliphatic hydroxyl groups excluding tert-OH is 1. The van der Waals surface area contributed by atoms with Crippen LogP contribution in [-0.4, -0.2) is 43.8 Å². The Hall–Kier alpha value is -2.42. The van der Waals surface area contributed by atoms with E-state index in [-0.39, 0.29) is 36.6 Å². The lowest BCUT2D eigenvalue weighted by Gasteiger charge is -2.15. The number of ether oxygens (including phenoxy) is 1. The highest BCUT2D eigenvalue weighted by Crippen LogP contribution is 2.15. The summed E-state index contributed by atoms with van der Waals surface area (Å²) in [5.41, 5.74) is 5.82. The van der Waals surface area contributed by atoms with Crippen molar-refractivity contribution in [3.05, 3.63) is 16.7 Å². The number of nitrogen functional groups attached to an aromatic ring is 1. The van der Waals surface area contributed by atoms with Crippen molar-refractivity contribution in [3.63, 3.8) is 0 Å². The molecule has 0 fully saturated rings. The molecule has 0 aromatic carbocycles. The summed E-state index contributed by atoms with van der Waals surface area (Å²) >= 11 is 0. The summed E-state index contributed by atoms with van der Waals surface area (Å²) in [5.74, 6) is -0.314. The number of anilines is 1. The first-order valence-corrected chi connectivity index (χ1v) is 14.5. The molecule has 2 aromatic rings. The number of hydrogen-bond donors (Lipinski definition) is 3. The molecule has 0 aliphatic rings. The smallest absolute Gasteiger partial charge is 0.305 e. The fraction of sp³-hybridized carbons (Fsp3) is 0.786. The van der Waals surface area contributed by atoms with Crippen molar-refractivity contribution in [3.8, 4) is 0 Å². The molecule has 1 atom stereocenters. The van der Waals surface area contributed by atoms with Crippen LogP contribution in [0.1, 0.15) is 116 Å². The fourth-order valence-electron chi connectivity index (χ4n) is 4.68. The maximum atomic E-state index is 12.1. The quantitative estimate of drug-likeness (QED) is 0.138. The molecular formula is C28H49N5O4. The van der Waals surface area contributed by atoms with Gasteiger partial charge in [0.15, 0.2) is 11.2 Å². The number of esters is 1. The van der Waals surface area contributed by atoms with Gasteiger partial charge in [-0.1, -0.05) is 96.8 Å². The molecule has 0 saturated carbocycles. The number of fused-ring (bicyclic) bond motifs is 1. The summed E-state index contributed by atoms with van der Waals surface area (Å²) in [6, 6.07) is 0. The molecule has 0 aliphatic carbocycles. The van der Waals surface area contributed by atoms with E-state index in [1.807, 2.05) is 0 Å². The molecule has 0 bridgehead atoms. The second-order valence-corrected chi connectivity index (χ2v) is 10.3. The molecule has 0 radical (unpaired) electrons. The van der Waals surface area contributed by atoms with Gasteiger partial charge in [0.25, 0.3) is 5.56 Å². The van der Waals surface area contributed by atoms with Crippen molar-refractivity contribution in [2.45, 2.75) is 123 Å². The molecule has 2 aromatic heterocycles. The predicted molar refractivity (Wildman–Crippen MR) is 148 cm³/mol. The monoisotopic (exact) mass is 519 g/mol. The van der Waals surface area contributed by atoms with Gasteiger partial charge in [-0.3, -0.25) is 14.6 Å². The van der Waals surface area contributed by atoms with Gasteiger partial charge in [0.1, 0.15) is 0 Å². The van der Waals surface area contributed by atoms with Crippen LogP contribution in [0.4, 0.5) is 5.95 Å². The Kier molecular flexibility index (Phi) is 15.6. The van der Waals surface area contributed by atoms with Gasteiger partial charge in [0.2, 0.25) is 5.95 Å². The lowest BCUT2D eigenvalue weighted by Crippen LogP contribution is -2.19. The Balaban J connectivity index is 1.45. The zero-order chi connectivity index (χ0) is 26.7. The van der Waals surface area contributed by atoms with Gasteiger partial charge in [-0.2, -0.15) is 4.98 Å². The van der Waals surface area contributed by atoms with E-state index in [1.54, 1.807) is 4.57 Å². The van der Waals surface area contributed by atoms with Crippen LogP contribution in [0.5, 0.6) is 0 Å². The Labute approximate surface area is 221 Å². The molecule has 0 aliphatic heterocycles. The van der Waals surface area contributed by atoms with Gasteiger partial charge >= 0.3 is 5.97 Å². The highest BCUT2D eigenvalue weighted by atomic mass is 16.5. The Morgan fingerprint density at radius 1 is 1.00 bits per heavy atom. The number of nitrogens with one attached hydrogen (secondary N) is 1. The van der Waals surface area contributed by atoms with E-state index in [1.165, 1.54) is 89.8 Å². The lowest BCUT2D eigenvalue weighted by molar-refractivity contribution is -0.144. The molecule has 2 rings (SSSR count). The number of carbonyl (C=O) groups is 1. The van der Waals surface area contributed by atoms with Gasteiger partial charge in [-0.05, 0) is 12.8 Å². The number of carbonyl (C=O) groups excluding carboxylic acids is 1. The van der Waals surface area contributed by atoms with Crippen LogP contribution in [0.25, 0.3) is 11.2 Å². The molecule has 0 amide bonds. The molecular weight excluding hydrogens is 470 g/mol. The molecule has 1 unspecified atom stereocenters. The number of hydrogen-bond acceptors (Lipinski definition) is 7. The Morgan fingerprint density at radius 3 is 2.14 bits per heavy atom. The van der Waals surface area contributed by atoms with Crippen LogP contribution >= 0.6 is 0 Å². The normalized spacial score (nSPS) is 12.3. The van der Waals surface area contributed by atoms with Gasteiger partial charge in [-0.25, -0.2) is 4.98 Å². The molecule has 2 heterocycles. The number of H-pyrrole nitrogens is 1. The fourth-order valence-corrected chi connectivity index (χ4v) is 4.68. The van der Waals surface area contributed by atoms with E-state index < -0.39 is 5.56 Å². The molecule has 37 heavy (non-hydrogen) atoms. The van der Waals surface area contributed by atoms with E-state index in [0.717, 1.165) is 12.8 Å². The first-order chi connectivity index (χ1) is 18.0. The van der Waals surface area contributed by atoms with Gasteiger partial charge in [0.05, 0.1) is 12.9 Å². The summed E-state index contributed by atoms with van der Waals surface area (Å²) in [6.07, 6.45) is 21.9. The largest absolute Gasteiger partial charge is 0.466 e. The van der Waals surface area contributed by atoms with Crippen LogP contribution in [-0.2, 0) is 16.1 Å². The third-order valence-electron chi connectivity index (χ3n) is 6.98. The van der Waals surface area contributed by atoms with Crippen molar-refractivity contribution in [1.82, 2.24) is 19.5 Å². The second-order valence-electron chi connectivity index (χ2n) is 10.3. The average molecular weight is 520 g/mol. The van der Waals surface area contributed by atoms with Crippen LogP contribution < -0.4 is 11.3 Å². The number of aromatic nitrogens is 4. The number of aliphatic hydroxyl groups is 1. The summed E-state index contributed by atoms with van der Waals surface area (Å²) in [7, 11) is 0. The van der Waals surface area contributed by atoms with Crippen molar-refractivity contribution in [2.75, 3.05) is 18.9 Å². The molecule has 0 spiro atoms. The number of rotatable bonds is 22. The Morgan fingerprint density at radius 2 is 1.57 bits per heavy atom. The third kappa shape index (κ3) is 12.6. The highest BCUT2D eigenvalue weighted by molar-refractivity contribution is 5.70. The number of unbranched alkanes of at least 4 members (excludes halogenated alkanes) is 14. The van der Waals surface area contributed by atoms with E-state index in [4.69, 9.17) is 10.5 Å². The van der Waals surface area contributed by atoms with Gasteiger partial charge in [0, 0.05) is 25.5 Å². The second kappa shape index (κ2) is 18.8. The SMILES string of the molecule is CCCCCCCCCCCCCCCCCC(=O)OCCC(CO)Cn1cnc2c(=O)[nH]c(N)nc21. The average Bonchev–Trinajstić information content (AvgIpc) is 3.28. The minimum absolute atomic E-state index is 0.0209. The van der Waals surface area contributed by atoms with Crippen LogP contribution in [0.15, 0.2) is 11.1 Å². The van der Waals surface area contributed by atoms with E-state index in [9.17, 15) is 14.7 Å². The van der Waals surface area contributed by atoms with E-state index in [2.05, 4.69) is 21.9 Å². The molecule has 210 valence electrons. The lowest BCUT2D eigenvalue weighted by atomic mass is 10.0. The van der Waals surface area contributed by atoms with Crippen LogP contribution in [0.2, 0.25) is 0 Å². The zero-order valence-corrected chi connectivity index (χ0v) is 22.9. The molecule has 9 nitrogen and oxygen atoms in total. The van der Waals surface area contributed by atoms with Gasteiger partial charge < -0.3 is 20.1 Å². The highest BCUT2D eigenvalue weighted by Gasteiger charge is 2.15. The van der Waals surface area contributed by atoms with Gasteiger partial charge in [-0.15, -0.1) is 0 Å². The molecule has 9 heteroatoms. The number of nitrogens with two attached hydrogens (primary N) is 1. The van der Waals surface area contributed by atoms with Crippen molar-refractivity contribution < 1.29 is 14.6 Å². The minimum atomic E-state index is -0.394. The Bertz CT molecular complexity index is 942. The number of nitrogens with zero attached hydrogens (tertiary/aromatic N) is 3.